The fourth-order valence-corrected chi connectivity index (χ4v) is 5.69. The summed E-state index contributed by atoms with van der Waals surface area (Å²) in [6.45, 7) is 10.7. The Bertz CT molecular complexity index is 1170. The summed E-state index contributed by atoms with van der Waals surface area (Å²) in [7, 11) is 0. The Hall–Kier alpha value is -1.99. The second-order valence-corrected chi connectivity index (χ2v) is 10.3. The number of hydrogen-bond acceptors (Lipinski definition) is 6. The first-order valence-electron chi connectivity index (χ1n) is 11.2. The van der Waals surface area contributed by atoms with E-state index in [2.05, 4.69) is 53.7 Å². The van der Waals surface area contributed by atoms with Crippen molar-refractivity contribution in [2.45, 2.75) is 33.6 Å². The molecule has 0 aliphatic carbocycles. The van der Waals surface area contributed by atoms with E-state index in [1.165, 1.54) is 9.75 Å². The zero-order valence-electron chi connectivity index (χ0n) is 18.8. The largest absolute Gasteiger partial charge is 0.368 e. The molecule has 0 saturated carbocycles. The van der Waals surface area contributed by atoms with Crippen molar-refractivity contribution in [3.63, 3.8) is 0 Å². The van der Waals surface area contributed by atoms with Crippen LogP contribution in [0.2, 0.25) is 5.02 Å². The van der Waals surface area contributed by atoms with E-state index in [0.29, 0.717) is 0 Å². The van der Waals surface area contributed by atoms with E-state index in [1.54, 1.807) is 22.7 Å². The normalized spacial score (nSPS) is 11.5. The van der Waals surface area contributed by atoms with E-state index in [0.717, 1.165) is 77.0 Å². The number of aryl methyl sites for hydroxylation is 1. The van der Waals surface area contributed by atoms with E-state index >= 15 is 0 Å². The number of halogens is 1. The van der Waals surface area contributed by atoms with Crippen LogP contribution in [0.3, 0.4) is 0 Å². The van der Waals surface area contributed by atoms with Gasteiger partial charge < -0.3 is 10.2 Å². The minimum absolute atomic E-state index is 0.723. The van der Waals surface area contributed by atoms with Gasteiger partial charge in [0.15, 0.2) is 5.82 Å². The van der Waals surface area contributed by atoms with Crippen LogP contribution in [0.15, 0.2) is 41.8 Å². The van der Waals surface area contributed by atoms with Crippen LogP contribution in [-0.4, -0.2) is 41.0 Å². The Balaban J connectivity index is 1.60. The number of nitrogens with zero attached hydrogens (tertiary/aromatic N) is 3. The first-order valence-corrected chi connectivity index (χ1v) is 13.2. The molecule has 7 heteroatoms. The fourth-order valence-electron chi connectivity index (χ4n) is 3.70. The number of nitrogens with one attached hydrogen (secondary N) is 1. The molecule has 0 fully saturated rings. The number of hydrogen-bond donors (Lipinski definition) is 1. The number of anilines is 1. The number of rotatable bonds is 10. The molecule has 0 aliphatic rings. The average Bonchev–Trinajstić information content (AvgIpc) is 3.49. The maximum Gasteiger partial charge on any atom is 0.154 e. The van der Waals surface area contributed by atoms with Gasteiger partial charge in [0.2, 0.25) is 0 Å². The third kappa shape index (κ3) is 5.31. The second-order valence-electron chi connectivity index (χ2n) is 7.81. The van der Waals surface area contributed by atoms with Crippen molar-refractivity contribution in [2.75, 3.05) is 31.5 Å². The number of thiophene rings is 2. The third-order valence-electron chi connectivity index (χ3n) is 5.64. The number of benzene rings is 1. The Labute approximate surface area is 203 Å². The average molecular weight is 485 g/mol. The molecule has 0 atom stereocenters. The van der Waals surface area contributed by atoms with E-state index < -0.39 is 0 Å². The van der Waals surface area contributed by atoms with Crippen LogP contribution >= 0.6 is 34.3 Å². The maximum atomic E-state index is 6.37. The summed E-state index contributed by atoms with van der Waals surface area (Å²) < 4.78 is 0. The summed E-state index contributed by atoms with van der Waals surface area (Å²) in [5.41, 5.74) is 3.63. The molecule has 0 saturated heterocycles. The molecule has 0 spiro atoms. The number of fused-ring (bicyclic) bond motifs is 1. The van der Waals surface area contributed by atoms with Gasteiger partial charge in [-0.1, -0.05) is 31.5 Å². The first kappa shape index (κ1) is 23.2. The Morgan fingerprint density at radius 3 is 2.50 bits per heavy atom. The van der Waals surface area contributed by atoms with Crippen molar-refractivity contribution >= 4 is 51.1 Å². The molecule has 0 bridgehead atoms. The molecule has 1 aromatic carbocycles. The van der Waals surface area contributed by atoms with Gasteiger partial charge in [0.05, 0.1) is 15.9 Å². The molecule has 0 aliphatic heterocycles. The van der Waals surface area contributed by atoms with Crippen LogP contribution in [0.5, 0.6) is 0 Å². The van der Waals surface area contributed by atoms with Crippen molar-refractivity contribution in [1.29, 1.82) is 0 Å². The molecule has 4 nitrogen and oxygen atoms in total. The number of aromatic nitrogens is 2. The molecule has 3 aromatic heterocycles. The van der Waals surface area contributed by atoms with Crippen molar-refractivity contribution < 1.29 is 0 Å². The molecular weight excluding hydrogens is 456 g/mol. The summed E-state index contributed by atoms with van der Waals surface area (Å²) in [6.07, 6.45) is 2.26. The first-order chi connectivity index (χ1) is 15.6. The summed E-state index contributed by atoms with van der Waals surface area (Å²) in [5, 5.41) is 6.40. The van der Waals surface area contributed by atoms with Gasteiger partial charge in [0.1, 0.15) is 5.69 Å². The molecule has 0 unspecified atom stereocenters. The summed E-state index contributed by atoms with van der Waals surface area (Å²) in [5.74, 6) is 0.833. The highest BCUT2D eigenvalue weighted by Crippen LogP contribution is 2.38. The topological polar surface area (TPSA) is 41.0 Å². The Morgan fingerprint density at radius 2 is 1.75 bits per heavy atom. The lowest BCUT2D eigenvalue weighted by atomic mass is 10.2. The van der Waals surface area contributed by atoms with Crippen LogP contribution in [-0.2, 0) is 0 Å². The zero-order valence-corrected chi connectivity index (χ0v) is 21.2. The van der Waals surface area contributed by atoms with Gasteiger partial charge in [-0.25, -0.2) is 9.97 Å². The standard InChI is InChI=1S/C25H29ClN4S2/c1-4-30(5-2)13-7-6-12-27-25-24(23-11-10-22(32-23)21-9-8-14-31-21)28-19-15-17(3)18(26)16-20(19)29-25/h8-11,14-16H,4-7,12-13H2,1-3H3,(H,27,29). The summed E-state index contributed by atoms with van der Waals surface area (Å²) >= 11 is 9.89. The van der Waals surface area contributed by atoms with E-state index in [4.69, 9.17) is 21.6 Å². The highest BCUT2D eigenvalue weighted by molar-refractivity contribution is 7.23. The smallest absolute Gasteiger partial charge is 0.154 e. The Morgan fingerprint density at radius 1 is 0.969 bits per heavy atom. The minimum Gasteiger partial charge on any atom is -0.368 e. The van der Waals surface area contributed by atoms with E-state index in [9.17, 15) is 0 Å². The van der Waals surface area contributed by atoms with Gasteiger partial charge in [0.25, 0.3) is 0 Å². The van der Waals surface area contributed by atoms with Crippen LogP contribution < -0.4 is 5.32 Å². The van der Waals surface area contributed by atoms with Gasteiger partial charge in [-0.3, -0.25) is 0 Å². The lowest BCUT2D eigenvalue weighted by molar-refractivity contribution is 0.298. The lowest BCUT2D eigenvalue weighted by Crippen LogP contribution is -2.24. The second kappa shape index (κ2) is 10.8. The van der Waals surface area contributed by atoms with Gasteiger partial charge in [-0.05, 0) is 80.7 Å². The van der Waals surface area contributed by atoms with Crippen molar-refractivity contribution in [3.05, 3.63) is 52.4 Å². The Kier molecular flexibility index (Phi) is 7.79. The van der Waals surface area contributed by atoms with Crippen LogP contribution in [0, 0.1) is 6.92 Å². The van der Waals surface area contributed by atoms with Crippen molar-refractivity contribution in [3.8, 4) is 20.3 Å². The third-order valence-corrected chi connectivity index (χ3v) is 8.20. The highest BCUT2D eigenvalue weighted by atomic mass is 35.5. The van der Waals surface area contributed by atoms with Crippen LogP contribution in [0.1, 0.15) is 32.3 Å². The summed E-state index contributed by atoms with van der Waals surface area (Å²) in [6, 6.07) is 12.5. The maximum absolute atomic E-state index is 6.37. The molecule has 168 valence electrons. The van der Waals surface area contributed by atoms with Crippen LogP contribution in [0.4, 0.5) is 5.82 Å². The van der Waals surface area contributed by atoms with E-state index in [-0.39, 0.29) is 0 Å². The van der Waals surface area contributed by atoms with Gasteiger partial charge in [-0.2, -0.15) is 0 Å². The van der Waals surface area contributed by atoms with Crippen molar-refractivity contribution in [2.24, 2.45) is 0 Å². The lowest BCUT2D eigenvalue weighted by Gasteiger charge is -2.17. The molecule has 0 radical (unpaired) electrons. The zero-order chi connectivity index (χ0) is 22.5. The highest BCUT2D eigenvalue weighted by Gasteiger charge is 2.15. The van der Waals surface area contributed by atoms with Gasteiger partial charge >= 0.3 is 0 Å². The predicted octanol–water partition coefficient (Wildman–Crippen LogP) is 7.58. The minimum atomic E-state index is 0.723. The van der Waals surface area contributed by atoms with Gasteiger partial charge in [-0.15, -0.1) is 22.7 Å². The number of unbranched alkanes of at least 4 members (excludes halogenated alkanes) is 1. The quantitative estimate of drug-likeness (QED) is 0.235. The molecule has 32 heavy (non-hydrogen) atoms. The molecule has 4 aromatic rings. The van der Waals surface area contributed by atoms with Crippen molar-refractivity contribution in [1.82, 2.24) is 14.9 Å². The molecule has 1 N–H and O–H groups in total. The fraction of sp³-hybridized carbons (Fsp3) is 0.360. The molecule has 0 amide bonds. The molecule has 4 rings (SSSR count). The summed E-state index contributed by atoms with van der Waals surface area (Å²) in [4.78, 5) is 16.1. The molecular formula is C25H29ClN4S2. The van der Waals surface area contributed by atoms with E-state index in [1.807, 2.05) is 19.1 Å². The molecule has 3 heterocycles. The SMILES string of the molecule is CCN(CC)CCCCNc1nc2cc(Cl)c(C)cc2nc1-c1ccc(-c2cccs2)s1. The van der Waals surface area contributed by atoms with Gasteiger partial charge in [0, 0.05) is 21.3 Å². The van der Waals surface area contributed by atoms with Crippen LogP contribution in [0.25, 0.3) is 31.4 Å². The monoisotopic (exact) mass is 484 g/mol. The predicted molar refractivity (Wildman–Crippen MR) is 141 cm³/mol.